The third kappa shape index (κ3) is 5.53. The first-order valence-electron chi connectivity index (χ1n) is 8.96. The van der Waals surface area contributed by atoms with Gasteiger partial charge in [-0.1, -0.05) is 49.2 Å². The smallest absolute Gasteiger partial charge is 0.274 e. The SMILES string of the molecule is CC(C)c1cc(Cc2c(Cl)cc(OCC(=O)N(C)N(C)C)cc2Cl)ccc1O. The van der Waals surface area contributed by atoms with Crippen LogP contribution in [0.15, 0.2) is 30.3 Å². The molecule has 28 heavy (non-hydrogen) atoms. The zero-order chi connectivity index (χ0) is 21.0. The first-order chi connectivity index (χ1) is 13.1. The van der Waals surface area contributed by atoms with Crippen molar-refractivity contribution >= 4 is 29.1 Å². The van der Waals surface area contributed by atoms with Crippen LogP contribution < -0.4 is 4.74 Å². The van der Waals surface area contributed by atoms with E-state index < -0.39 is 0 Å². The van der Waals surface area contributed by atoms with Crippen LogP contribution in [0.5, 0.6) is 11.5 Å². The summed E-state index contributed by atoms with van der Waals surface area (Å²) >= 11 is 12.9. The summed E-state index contributed by atoms with van der Waals surface area (Å²) in [6.45, 7) is 3.94. The van der Waals surface area contributed by atoms with Gasteiger partial charge in [0.2, 0.25) is 0 Å². The van der Waals surface area contributed by atoms with E-state index in [9.17, 15) is 9.90 Å². The van der Waals surface area contributed by atoms with E-state index in [2.05, 4.69) is 0 Å². The standard InChI is InChI=1S/C21H26Cl2N2O3/c1-13(2)16-8-14(6-7-20(16)26)9-17-18(22)10-15(11-19(17)23)28-12-21(27)25(5)24(3)4/h6-8,10-11,13,26H,9,12H2,1-5H3. The van der Waals surface area contributed by atoms with Crippen LogP contribution in [0.4, 0.5) is 0 Å². The predicted molar refractivity (Wildman–Crippen MR) is 113 cm³/mol. The van der Waals surface area contributed by atoms with E-state index in [1.807, 2.05) is 26.0 Å². The number of carbonyl (C=O) groups excluding carboxylic acids is 1. The second-order valence-corrected chi connectivity index (χ2v) is 7.96. The summed E-state index contributed by atoms with van der Waals surface area (Å²) < 4.78 is 5.55. The topological polar surface area (TPSA) is 53.0 Å². The maximum atomic E-state index is 12.0. The van der Waals surface area contributed by atoms with Crippen LogP contribution in [0, 0.1) is 0 Å². The summed E-state index contributed by atoms with van der Waals surface area (Å²) in [6.07, 6.45) is 0.528. The van der Waals surface area contributed by atoms with Gasteiger partial charge in [-0.25, -0.2) is 5.01 Å². The quantitative estimate of drug-likeness (QED) is 0.652. The number of benzene rings is 2. The zero-order valence-electron chi connectivity index (χ0n) is 16.8. The van der Waals surface area contributed by atoms with Gasteiger partial charge in [0.1, 0.15) is 11.5 Å². The number of nitrogens with zero attached hydrogens (tertiary/aromatic N) is 2. The molecule has 0 aliphatic carbocycles. The Labute approximate surface area is 176 Å². The minimum atomic E-state index is -0.188. The zero-order valence-corrected chi connectivity index (χ0v) is 18.3. The second-order valence-electron chi connectivity index (χ2n) is 7.14. The van der Waals surface area contributed by atoms with Crippen molar-refractivity contribution in [2.45, 2.75) is 26.2 Å². The maximum Gasteiger partial charge on any atom is 0.274 e. The molecule has 1 N–H and O–H groups in total. The summed E-state index contributed by atoms with van der Waals surface area (Å²) in [5.41, 5.74) is 2.66. The fraction of sp³-hybridized carbons (Fsp3) is 0.381. The van der Waals surface area contributed by atoms with Gasteiger partial charge in [-0.15, -0.1) is 0 Å². The van der Waals surface area contributed by atoms with Gasteiger partial charge < -0.3 is 9.84 Å². The lowest BCUT2D eigenvalue weighted by atomic mass is 9.96. The molecule has 152 valence electrons. The van der Waals surface area contributed by atoms with Crippen LogP contribution in [-0.4, -0.2) is 48.8 Å². The van der Waals surface area contributed by atoms with Crippen LogP contribution in [-0.2, 0) is 11.2 Å². The average Bonchev–Trinajstić information content (AvgIpc) is 2.62. The minimum absolute atomic E-state index is 0.115. The van der Waals surface area contributed by atoms with Gasteiger partial charge in [0.05, 0.1) is 0 Å². The van der Waals surface area contributed by atoms with Gasteiger partial charge in [0, 0.05) is 37.6 Å². The highest BCUT2D eigenvalue weighted by Crippen LogP contribution is 2.34. The Bertz CT molecular complexity index is 831. The highest BCUT2D eigenvalue weighted by atomic mass is 35.5. The molecule has 0 aliphatic rings. The Hall–Kier alpha value is -1.95. The number of aromatic hydroxyl groups is 1. The molecule has 2 aromatic rings. The summed E-state index contributed by atoms with van der Waals surface area (Å²) in [4.78, 5) is 12.0. The molecule has 5 nitrogen and oxygen atoms in total. The molecular weight excluding hydrogens is 399 g/mol. The highest BCUT2D eigenvalue weighted by Gasteiger charge is 2.15. The van der Waals surface area contributed by atoms with Gasteiger partial charge in [0.15, 0.2) is 6.61 Å². The van der Waals surface area contributed by atoms with Crippen molar-refractivity contribution in [3.8, 4) is 11.5 Å². The molecule has 2 aromatic carbocycles. The monoisotopic (exact) mass is 424 g/mol. The van der Waals surface area contributed by atoms with E-state index in [0.29, 0.717) is 22.2 Å². The van der Waals surface area contributed by atoms with E-state index in [0.717, 1.165) is 16.7 Å². The number of hydrogen-bond acceptors (Lipinski definition) is 4. The van der Waals surface area contributed by atoms with Crippen molar-refractivity contribution in [2.24, 2.45) is 0 Å². The van der Waals surface area contributed by atoms with Crippen LogP contribution in [0.3, 0.4) is 0 Å². The molecule has 1 amide bonds. The Morgan fingerprint density at radius 1 is 1.11 bits per heavy atom. The number of carbonyl (C=O) groups is 1. The number of hydrazine groups is 1. The van der Waals surface area contributed by atoms with E-state index in [4.69, 9.17) is 27.9 Å². The Kier molecular flexibility index (Phi) is 7.58. The molecule has 0 bridgehead atoms. The first kappa shape index (κ1) is 22.3. The van der Waals surface area contributed by atoms with Crippen molar-refractivity contribution in [3.05, 3.63) is 57.1 Å². The third-order valence-electron chi connectivity index (χ3n) is 4.53. The van der Waals surface area contributed by atoms with E-state index in [-0.39, 0.29) is 24.2 Å². The molecular formula is C21H26Cl2N2O3. The van der Waals surface area contributed by atoms with Crippen molar-refractivity contribution < 1.29 is 14.6 Å². The van der Waals surface area contributed by atoms with Gasteiger partial charge in [-0.3, -0.25) is 9.80 Å². The van der Waals surface area contributed by atoms with Crippen LogP contribution >= 0.6 is 23.2 Å². The molecule has 0 fully saturated rings. The number of phenols is 1. The third-order valence-corrected chi connectivity index (χ3v) is 5.21. The molecule has 0 aromatic heterocycles. The molecule has 0 saturated carbocycles. The van der Waals surface area contributed by atoms with Gasteiger partial charge in [-0.2, -0.15) is 0 Å². The van der Waals surface area contributed by atoms with Gasteiger partial charge in [0.25, 0.3) is 5.91 Å². The van der Waals surface area contributed by atoms with Crippen molar-refractivity contribution in [3.63, 3.8) is 0 Å². The van der Waals surface area contributed by atoms with E-state index in [1.54, 1.807) is 44.4 Å². The maximum absolute atomic E-state index is 12.0. The highest BCUT2D eigenvalue weighted by molar-refractivity contribution is 6.36. The number of likely N-dealkylation sites (N-methyl/N-ethyl adjacent to an activating group) is 1. The Morgan fingerprint density at radius 2 is 1.71 bits per heavy atom. The minimum Gasteiger partial charge on any atom is -0.508 e. The number of amides is 1. The molecule has 2 rings (SSSR count). The largest absolute Gasteiger partial charge is 0.508 e. The van der Waals surface area contributed by atoms with E-state index >= 15 is 0 Å². The molecule has 0 heterocycles. The number of rotatable bonds is 7. The summed E-state index contributed by atoms with van der Waals surface area (Å²) in [7, 11) is 5.21. The Morgan fingerprint density at radius 3 is 2.25 bits per heavy atom. The molecule has 0 atom stereocenters. The molecule has 0 saturated heterocycles. The van der Waals surface area contributed by atoms with Gasteiger partial charge >= 0.3 is 0 Å². The van der Waals surface area contributed by atoms with Crippen LogP contribution in [0.2, 0.25) is 10.0 Å². The number of hydrogen-bond donors (Lipinski definition) is 1. The first-order valence-corrected chi connectivity index (χ1v) is 9.72. The van der Waals surface area contributed by atoms with Crippen LogP contribution in [0.1, 0.15) is 36.5 Å². The normalized spacial score (nSPS) is 11.2. The lowest BCUT2D eigenvalue weighted by Gasteiger charge is -2.24. The predicted octanol–water partition coefficient (Wildman–Crippen LogP) is 4.73. The number of phenolic OH excluding ortho intramolecular Hbond substituents is 1. The number of ether oxygens (including phenoxy) is 1. The molecule has 0 aliphatic heterocycles. The lowest BCUT2D eigenvalue weighted by molar-refractivity contribution is -0.143. The summed E-state index contributed by atoms with van der Waals surface area (Å²) in [6, 6.07) is 8.84. The molecule has 0 spiro atoms. The van der Waals surface area contributed by atoms with Crippen molar-refractivity contribution in [1.82, 2.24) is 10.0 Å². The molecule has 0 radical (unpaired) electrons. The molecule has 7 heteroatoms. The number of halogens is 2. The Balaban J connectivity index is 2.16. The average molecular weight is 425 g/mol. The summed E-state index contributed by atoms with van der Waals surface area (Å²) in [5.74, 6) is 0.742. The fourth-order valence-electron chi connectivity index (χ4n) is 2.67. The van der Waals surface area contributed by atoms with E-state index in [1.165, 1.54) is 5.01 Å². The second kappa shape index (κ2) is 9.50. The van der Waals surface area contributed by atoms with Gasteiger partial charge in [-0.05, 0) is 40.8 Å². The lowest BCUT2D eigenvalue weighted by Crippen LogP contribution is -2.41. The van der Waals surface area contributed by atoms with Crippen molar-refractivity contribution in [1.29, 1.82) is 0 Å². The van der Waals surface area contributed by atoms with Crippen molar-refractivity contribution in [2.75, 3.05) is 27.7 Å². The summed E-state index contributed by atoms with van der Waals surface area (Å²) in [5, 5.41) is 14.0. The molecule has 0 unspecified atom stereocenters. The van der Waals surface area contributed by atoms with Crippen LogP contribution in [0.25, 0.3) is 0 Å². The fourth-order valence-corrected chi connectivity index (χ4v) is 3.27.